The van der Waals surface area contributed by atoms with Gasteiger partial charge in [0, 0.05) is 32.6 Å². The van der Waals surface area contributed by atoms with Gasteiger partial charge in [0.2, 0.25) is 0 Å². The van der Waals surface area contributed by atoms with E-state index < -0.39 is 8.80 Å². The van der Waals surface area contributed by atoms with Crippen LogP contribution in [-0.4, -0.2) is 35.4 Å². The topological polar surface area (TPSA) is 27.7 Å². The molecule has 5 heteroatoms. The summed E-state index contributed by atoms with van der Waals surface area (Å²) in [6.07, 6.45) is 0. The zero-order valence-corrected chi connectivity index (χ0v) is 9.35. The minimum atomic E-state index is -2.36. The molecule has 0 rings (SSSR count). The van der Waals surface area contributed by atoms with Gasteiger partial charge in [0.15, 0.2) is 0 Å². The normalized spacial score (nSPS) is 15.0. The fourth-order valence-electron chi connectivity index (χ4n) is 0.862. The highest BCUT2D eigenvalue weighted by molar-refractivity contribution is 7.81. The maximum atomic E-state index is 5.19. The van der Waals surface area contributed by atoms with Crippen LogP contribution in [0.25, 0.3) is 0 Å². The van der Waals surface area contributed by atoms with Gasteiger partial charge in [-0.15, -0.1) is 0 Å². The van der Waals surface area contributed by atoms with Crippen molar-refractivity contribution in [2.45, 2.75) is 18.2 Å². The fraction of sp³-hybridized carbons (Fsp3) is 1.00. The van der Waals surface area contributed by atoms with E-state index in [0.29, 0.717) is 0 Å². The highest BCUT2D eigenvalue weighted by atomic mass is 32.1. The van der Waals surface area contributed by atoms with Crippen molar-refractivity contribution in [3.63, 3.8) is 0 Å². The summed E-state index contributed by atoms with van der Waals surface area (Å²) >= 11 is 4.25. The third-order valence-corrected chi connectivity index (χ3v) is 4.98. The van der Waals surface area contributed by atoms with Crippen LogP contribution in [0, 0.1) is 0 Å². The van der Waals surface area contributed by atoms with Gasteiger partial charge in [-0.25, -0.2) is 0 Å². The lowest BCUT2D eigenvalue weighted by atomic mass is 10.6. The average Bonchev–Trinajstić information content (AvgIpc) is 2.00. The monoisotopic (exact) mass is 196 g/mol. The second-order valence-corrected chi connectivity index (χ2v) is 6.23. The molecule has 0 aromatic heterocycles. The zero-order valence-electron chi connectivity index (χ0n) is 7.46. The van der Waals surface area contributed by atoms with Crippen molar-refractivity contribution in [1.29, 1.82) is 0 Å². The fourth-order valence-corrected chi connectivity index (χ4v) is 3.26. The zero-order chi connectivity index (χ0) is 8.91. The number of hydrogen-bond acceptors (Lipinski definition) is 4. The molecule has 0 heterocycles. The van der Waals surface area contributed by atoms with Gasteiger partial charge in [0.25, 0.3) is 0 Å². The minimum absolute atomic E-state index is 0.238. The second kappa shape index (κ2) is 5.16. The van der Waals surface area contributed by atoms with Crippen molar-refractivity contribution in [1.82, 2.24) is 0 Å². The van der Waals surface area contributed by atoms with Gasteiger partial charge in [-0.1, -0.05) is 6.92 Å². The third-order valence-electron chi connectivity index (χ3n) is 1.48. The van der Waals surface area contributed by atoms with E-state index in [0.717, 1.165) is 6.04 Å². The van der Waals surface area contributed by atoms with Gasteiger partial charge in [-0.05, 0) is 0 Å². The Balaban J connectivity index is 4.05. The van der Waals surface area contributed by atoms with Gasteiger partial charge >= 0.3 is 8.80 Å². The molecule has 3 nitrogen and oxygen atoms in total. The van der Waals surface area contributed by atoms with Crippen molar-refractivity contribution in [2.24, 2.45) is 0 Å². The Morgan fingerprint density at radius 3 is 1.64 bits per heavy atom. The van der Waals surface area contributed by atoms with Crippen molar-refractivity contribution in [3.05, 3.63) is 0 Å². The van der Waals surface area contributed by atoms with E-state index in [1.165, 1.54) is 0 Å². The Labute approximate surface area is 74.8 Å². The average molecular weight is 196 g/mol. The molecule has 0 spiro atoms. The van der Waals surface area contributed by atoms with Crippen LogP contribution in [0.15, 0.2) is 0 Å². The Bertz CT molecular complexity index is 97.7. The van der Waals surface area contributed by atoms with Crippen molar-refractivity contribution in [3.8, 4) is 0 Å². The maximum absolute atomic E-state index is 5.19. The lowest BCUT2D eigenvalue weighted by Crippen LogP contribution is -2.44. The first-order chi connectivity index (χ1) is 5.10. The first-order valence-electron chi connectivity index (χ1n) is 3.43. The molecule has 0 fully saturated rings. The molecule has 0 aliphatic carbocycles. The lowest BCUT2D eigenvalue weighted by molar-refractivity contribution is 0.124. The van der Waals surface area contributed by atoms with Crippen LogP contribution in [0.1, 0.15) is 6.92 Å². The standard InChI is InChI=1S/C6H16O3SSi/c1-6(10)5-11(7-2,8-3)9-4/h6,10H,5H2,1-4H3. The predicted octanol–water partition coefficient (Wildman–Crippen LogP) is 1.18. The Kier molecular flexibility index (Phi) is 5.37. The summed E-state index contributed by atoms with van der Waals surface area (Å²) in [4.78, 5) is 0. The molecule has 1 atom stereocenters. The molecule has 0 amide bonds. The number of thiol groups is 1. The van der Waals surface area contributed by atoms with Gasteiger partial charge in [-0.3, -0.25) is 0 Å². The van der Waals surface area contributed by atoms with Crippen LogP contribution >= 0.6 is 12.6 Å². The van der Waals surface area contributed by atoms with Crippen LogP contribution < -0.4 is 0 Å². The van der Waals surface area contributed by atoms with Crippen molar-refractivity contribution >= 4 is 21.4 Å². The van der Waals surface area contributed by atoms with Crippen LogP contribution in [0.3, 0.4) is 0 Å². The summed E-state index contributed by atoms with van der Waals surface area (Å²) in [5, 5.41) is 0.238. The van der Waals surface area contributed by atoms with E-state index in [2.05, 4.69) is 12.6 Å². The summed E-state index contributed by atoms with van der Waals surface area (Å²) in [6.45, 7) is 1.99. The summed E-state index contributed by atoms with van der Waals surface area (Å²) < 4.78 is 15.6. The molecule has 0 radical (unpaired) electrons. The molecular formula is C6H16O3SSi. The molecule has 0 aliphatic heterocycles. The molecule has 11 heavy (non-hydrogen) atoms. The number of hydrogen-bond donors (Lipinski definition) is 1. The van der Waals surface area contributed by atoms with E-state index in [4.69, 9.17) is 13.3 Å². The van der Waals surface area contributed by atoms with E-state index in [1.54, 1.807) is 21.3 Å². The molecule has 0 bridgehead atoms. The highest BCUT2D eigenvalue weighted by Crippen LogP contribution is 2.17. The van der Waals surface area contributed by atoms with E-state index >= 15 is 0 Å². The van der Waals surface area contributed by atoms with E-state index in [-0.39, 0.29) is 5.25 Å². The molecule has 0 N–H and O–H groups in total. The first kappa shape index (κ1) is 11.4. The molecule has 0 saturated heterocycles. The summed E-state index contributed by atoms with van der Waals surface area (Å²) in [6, 6.07) is 0.736. The predicted molar refractivity (Wildman–Crippen MR) is 50.0 cm³/mol. The van der Waals surface area contributed by atoms with Crippen molar-refractivity contribution < 1.29 is 13.3 Å². The summed E-state index contributed by atoms with van der Waals surface area (Å²) in [5.74, 6) is 0. The number of rotatable bonds is 5. The van der Waals surface area contributed by atoms with Crippen LogP contribution in [-0.2, 0) is 13.3 Å². The molecule has 0 aromatic carbocycles. The summed E-state index contributed by atoms with van der Waals surface area (Å²) in [7, 11) is 2.46. The Morgan fingerprint density at radius 2 is 1.55 bits per heavy atom. The van der Waals surface area contributed by atoms with Gasteiger partial charge < -0.3 is 13.3 Å². The second-order valence-electron chi connectivity index (χ2n) is 2.35. The quantitative estimate of drug-likeness (QED) is 0.528. The van der Waals surface area contributed by atoms with Crippen LogP contribution in [0.5, 0.6) is 0 Å². The minimum Gasteiger partial charge on any atom is -0.377 e. The molecular weight excluding hydrogens is 180 g/mol. The third kappa shape index (κ3) is 3.57. The molecule has 0 saturated carbocycles. The first-order valence-corrected chi connectivity index (χ1v) is 5.88. The van der Waals surface area contributed by atoms with E-state index in [1.807, 2.05) is 6.92 Å². The highest BCUT2D eigenvalue weighted by Gasteiger charge is 2.38. The van der Waals surface area contributed by atoms with Gasteiger partial charge in [-0.2, -0.15) is 12.6 Å². The lowest BCUT2D eigenvalue weighted by Gasteiger charge is -2.25. The van der Waals surface area contributed by atoms with Gasteiger partial charge in [0.1, 0.15) is 0 Å². The molecule has 1 unspecified atom stereocenters. The largest absolute Gasteiger partial charge is 0.501 e. The van der Waals surface area contributed by atoms with E-state index in [9.17, 15) is 0 Å². The van der Waals surface area contributed by atoms with Crippen LogP contribution in [0.2, 0.25) is 6.04 Å². The molecule has 68 valence electrons. The summed E-state index contributed by atoms with van der Waals surface area (Å²) in [5.41, 5.74) is 0. The van der Waals surface area contributed by atoms with Gasteiger partial charge in [0.05, 0.1) is 0 Å². The van der Waals surface area contributed by atoms with Crippen molar-refractivity contribution in [2.75, 3.05) is 21.3 Å². The maximum Gasteiger partial charge on any atom is 0.501 e. The smallest absolute Gasteiger partial charge is 0.377 e. The van der Waals surface area contributed by atoms with Crippen LogP contribution in [0.4, 0.5) is 0 Å². The Hall–Kier alpha value is 0.447. The molecule has 0 aromatic rings. The Morgan fingerprint density at radius 1 is 1.18 bits per heavy atom. The molecule has 0 aliphatic rings. The SMILES string of the molecule is CO[Si](CC(C)S)(OC)OC.